The maximum Gasteiger partial charge on any atom is 0.408 e. The highest BCUT2D eigenvalue weighted by molar-refractivity contribution is 5.85. The highest BCUT2D eigenvalue weighted by Crippen LogP contribution is 2.59. The van der Waals surface area contributed by atoms with Crippen molar-refractivity contribution in [2.24, 2.45) is 17.8 Å². The van der Waals surface area contributed by atoms with Crippen molar-refractivity contribution in [1.29, 1.82) is 0 Å². The Balaban J connectivity index is 1.35. The number of nitrogens with one attached hydrogen (secondary N) is 2. The van der Waals surface area contributed by atoms with Crippen LogP contribution in [-0.4, -0.2) is 92.4 Å². The fourth-order valence-electron chi connectivity index (χ4n) is 6.23. The van der Waals surface area contributed by atoms with Crippen LogP contribution in [0.25, 0.3) is 0 Å². The van der Waals surface area contributed by atoms with Crippen LogP contribution in [0.15, 0.2) is 12.2 Å². The Morgan fingerprint density at radius 1 is 1.19 bits per heavy atom. The number of methoxy groups -OCH3 is 1. The molecule has 4 aliphatic rings. The Morgan fingerprint density at radius 3 is 2.49 bits per heavy atom. The van der Waals surface area contributed by atoms with Gasteiger partial charge in [-0.3, -0.25) is 4.79 Å². The number of hydrogen-bond acceptors (Lipinski definition) is 7. The third-order valence-corrected chi connectivity index (χ3v) is 8.48. The van der Waals surface area contributed by atoms with Gasteiger partial charge in [0, 0.05) is 20.2 Å². The lowest BCUT2D eigenvalue weighted by atomic mass is 9.68. The fraction of sp³-hybridized carbons (Fsp3) is 0.857. The lowest BCUT2D eigenvalue weighted by Gasteiger charge is -2.42. The molecule has 1 unspecified atom stereocenters. The van der Waals surface area contributed by atoms with Crippen molar-refractivity contribution in [3.05, 3.63) is 12.2 Å². The van der Waals surface area contributed by atoms with Crippen LogP contribution in [0.4, 0.5) is 4.79 Å². The zero-order valence-electron chi connectivity index (χ0n) is 23.5. The maximum atomic E-state index is 13.0. The summed E-state index contributed by atoms with van der Waals surface area (Å²) >= 11 is 0. The first kappa shape index (κ1) is 28.3. The van der Waals surface area contributed by atoms with Gasteiger partial charge in [-0.25, -0.2) is 4.79 Å². The Morgan fingerprint density at radius 2 is 1.89 bits per heavy atom. The van der Waals surface area contributed by atoms with Crippen LogP contribution in [0, 0.1) is 17.8 Å². The third kappa shape index (κ3) is 6.49. The molecule has 3 saturated heterocycles. The molecule has 0 radical (unpaired) electrons. The van der Waals surface area contributed by atoms with E-state index in [2.05, 4.69) is 48.5 Å². The number of rotatable bonds is 11. The summed E-state index contributed by atoms with van der Waals surface area (Å²) < 4.78 is 24.1. The molecule has 1 aliphatic carbocycles. The SMILES string of the molecule is CO[C@H]1C([C@@]2(C)O[C@@H]2/C=C/C(C)C)[C@]2(CC[C@H]1OC(=O)N[C@@H](C(=O)NCCN1CCCC1)C(C)C)CO2. The molecule has 2 amide bonds. The van der Waals surface area contributed by atoms with Gasteiger partial charge in [0.05, 0.1) is 12.5 Å². The molecule has 7 atom stereocenters. The van der Waals surface area contributed by atoms with Crippen LogP contribution in [0.2, 0.25) is 0 Å². The molecule has 210 valence electrons. The number of allylic oxidation sites excluding steroid dienone is 1. The van der Waals surface area contributed by atoms with Crippen molar-refractivity contribution < 1.29 is 28.5 Å². The summed E-state index contributed by atoms with van der Waals surface area (Å²) in [5.74, 6) is 0.121. The largest absolute Gasteiger partial charge is 0.443 e. The van der Waals surface area contributed by atoms with Gasteiger partial charge in [-0.1, -0.05) is 39.8 Å². The fourth-order valence-corrected chi connectivity index (χ4v) is 6.23. The van der Waals surface area contributed by atoms with Crippen molar-refractivity contribution in [3.63, 3.8) is 0 Å². The molecular weight excluding hydrogens is 474 g/mol. The molecule has 4 rings (SSSR count). The first-order valence-electron chi connectivity index (χ1n) is 14.1. The molecule has 9 heteroatoms. The summed E-state index contributed by atoms with van der Waals surface area (Å²) in [5.41, 5.74) is -0.724. The van der Waals surface area contributed by atoms with E-state index in [4.69, 9.17) is 18.9 Å². The van der Waals surface area contributed by atoms with Crippen LogP contribution in [-0.2, 0) is 23.7 Å². The molecular formula is C28H47N3O6. The average molecular weight is 522 g/mol. The number of amides is 2. The normalized spacial score (nSPS) is 36.3. The molecule has 1 spiro atoms. The van der Waals surface area contributed by atoms with E-state index in [-0.39, 0.29) is 35.6 Å². The van der Waals surface area contributed by atoms with E-state index in [1.54, 1.807) is 7.11 Å². The van der Waals surface area contributed by atoms with Crippen LogP contribution >= 0.6 is 0 Å². The van der Waals surface area contributed by atoms with Crippen molar-refractivity contribution >= 4 is 12.0 Å². The van der Waals surface area contributed by atoms with Gasteiger partial charge >= 0.3 is 6.09 Å². The van der Waals surface area contributed by atoms with E-state index < -0.39 is 23.8 Å². The molecule has 9 nitrogen and oxygen atoms in total. The second-order valence-corrected chi connectivity index (χ2v) is 12.1. The van der Waals surface area contributed by atoms with E-state index in [0.717, 1.165) is 26.1 Å². The van der Waals surface area contributed by atoms with Crippen molar-refractivity contribution in [2.45, 2.75) is 95.9 Å². The minimum absolute atomic E-state index is 0.0132. The number of carbonyl (C=O) groups excluding carboxylic acids is 2. The van der Waals surface area contributed by atoms with E-state index in [0.29, 0.717) is 25.5 Å². The van der Waals surface area contributed by atoms with Crippen LogP contribution in [0.3, 0.4) is 0 Å². The van der Waals surface area contributed by atoms with Crippen molar-refractivity contribution in [1.82, 2.24) is 15.5 Å². The molecule has 2 N–H and O–H groups in total. The van der Waals surface area contributed by atoms with Crippen LogP contribution in [0.5, 0.6) is 0 Å². The Bertz CT molecular complexity index is 838. The minimum atomic E-state index is -0.667. The van der Waals surface area contributed by atoms with E-state index >= 15 is 0 Å². The molecule has 0 aromatic heterocycles. The first-order valence-corrected chi connectivity index (χ1v) is 14.1. The molecule has 1 saturated carbocycles. The van der Waals surface area contributed by atoms with Gasteiger partial charge in [0.2, 0.25) is 5.91 Å². The highest BCUT2D eigenvalue weighted by Gasteiger charge is 2.72. The number of ether oxygens (including phenoxy) is 4. The van der Waals surface area contributed by atoms with Crippen molar-refractivity contribution in [2.75, 3.05) is 39.9 Å². The second-order valence-electron chi connectivity index (χ2n) is 12.1. The Hall–Kier alpha value is -1.68. The first-order chi connectivity index (χ1) is 17.6. The molecule has 4 fully saturated rings. The summed E-state index contributed by atoms with van der Waals surface area (Å²) in [5, 5.41) is 5.80. The summed E-state index contributed by atoms with van der Waals surface area (Å²) in [4.78, 5) is 28.2. The van der Waals surface area contributed by atoms with Crippen molar-refractivity contribution in [3.8, 4) is 0 Å². The van der Waals surface area contributed by atoms with E-state index in [1.165, 1.54) is 12.8 Å². The van der Waals surface area contributed by atoms with Gasteiger partial charge in [-0.05, 0) is 57.5 Å². The lowest BCUT2D eigenvalue weighted by Crippen LogP contribution is -2.57. The molecule has 37 heavy (non-hydrogen) atoms. The molecule has 0 aromatic carbocycles. The minimum Gasteiger partial charge on any atom is -0.443 e. The van der Waals surface area contributed by atoms with Gasteiger partial charge in [-0.2, -0.15) is 0 Å². The molecule has 0 aromatic rings. The summed E-state index contributed by atoms with van der Waals surface area (Å²) in [7, 11) is 1.66. The van der Waals surface area contributed by atoms with Crippen LogP contribution < -0.4 is 10.6 Å². The summed E-state index contributed by atoms with van der Waals surface area (Å²) in [6, 6.07) is -0.667. The van der Waals surface area contributed by atoms with Gasteiger partial charge in [0.25, 0.3) is 0 Å². The standard InChI is InChI=1S/C28H47N3O6/c1-18(2)9-10-21-27(5,37-21)24-23(34-6)20(11-12-28(24)17-35-28)36-26(33)30-22(19(3)4)25(32)29-13-16-31-14-7-8-15-31/h9-10,18-24H,7-8,11-17H2,1-6H3,(H,29,32)(H,30,33)/b10-9+/t20-,21-,22-,23-,24?,27+,28+/m1/s1. The summed E-state index contributed by atoms with van der Waals surface area (Å²) in [6.07, 6.45) is 6.71. The van der Waals surface area contributed by atoms with E-state index in [9.17, 15) is 9.59 Å². The lowest BCUT2D eigenvalue weighted by molar-refractivity contribution is -0.125. The zero-order valence-corrected chi connectivity index (χ0v) is 23.5. The topological polar surface area (TPSA) is 105 Å². The number of likely N-dealkylation sites (tertiary alicyclic amines) is 1. The molecule has 3 heterocycles. The van der Waals surface area contributed by atoms with Gasteiger partial charge < -0.3 is 34.5 Å². The quantitative estimate of drug-likeness (QED) is 0.318. The van der Waals surface area contributed by atoms with Gasteiger partial charge in [0.1, 0.15) is 35.6 Å². The zero-order chi connectivity index (χ0) is 26.8. The third-order valence-electron chi connectivity index (χ3n) is 8.48. The number of carbonyl (C=O) groups is 2. The van der Waals surface area contributed by atoms with Crippen LogP contribution in [0.1, 0.15) is 60.3 Å². The van der Waals surface area contributed by atoms with Gasteiger partial charge in [0.15, 0.2) is 0 Å². The molecule has 0 bridgehead atoms. The smallest absolute Gasteiger partial charge is 0.408 e. The predicted molar refractivity (Wildman–Crippen MR) is 140 cm³/mol. The average Bonchev–Trinajstić information content (AvgIpc) is 3.69. The number of nitrogens with zero attached hydrogens (tertiary/aromatic N) is 1. The van der Waals surface area contributed by atoms with E-state index in [1.807, 2.05) is 13.8 Å². The highest BCUT2D eigenvalue weighted by atomic mass is 16.6. The number of hydrogen-bond donors (Lipinski definition) is 2. The molecule has 3 aliphatic heterocycles. The Labute approximate surface area is 222 Å². The maximum absolute atomic E-state index is 13.0. The monoisotopic (exact) mass is 521 g/mol. The number of alkyl carbamates (subject to hydrolysis) is 1. The Kier molecular flexibility index (Phi) is 8.88. The summed E-state index contributed by atoms with van der Waals surface area (Å²) in [6.45, 7) is 14.5. The second kappa shape index (κ2) is 11.6. The number of epoxide rings is 2. The van der Waals surface area contributed by atoms with Gasteiger partial charge in [-0.15, -0.1) is 0 Å². The predicted octanol–water partition coefficient (Wildman–Crippen LogP) is 2.88.